The number of aryl methyl sites for hydroxylation is 1. The van der Waals surface area contributed by atoms with Gasteiger partial charge in [0.25, 0.3) is 0 Å². The van der Waals surface area contributed by atoms with Crippen molar-refractivity contribution in [3.05, 3.63) is 65.2 Å². The van der Waals surface area contributed by atoms with E-state index in [-0.39, 0.29) is 17.9 Å². The van der Waals surface area contributed by atoms with E-state index in [0.717, 1.165) is 30.7 Å². The molecule has 0 heterocycles. The summed E-state index contributed by atoms with van der Waals surface area (Å²) < 4.78 is 0. The van der Waals surface area contributed by atoms with Gasteiger partial charge in [-0.2, -0.15) is 0 Å². The van der Waals surface area contributed by atoms with E-state index in [1.807, 2.05) is 30.3 Å². The Hall–Kier alpha value is -2.33. The molecule has 160 valence electrons. The molecule has 1 unspecified atom stereocenters. The smallest absolute Gasteiger partial charge is 0.307 e. The highest BCUT2D eigenvalue weighted by Crippen LogP contribution is 2.60. The van der Waals surface area contributed by atoms with Crippen LogP contribution >= 0.6 is 0 Å². The number of aromatic hydroxyl groups is 1. The molecule has 0 bridgehead atoms. The van der Waals surface area contributed by atoms with Crippen LogP contribution in [0, 0.1) is 17.3 Å². The summed E-state index contributed by atoms with van der Waals surface area (Å²) in [5.74, 6) is 1.70. The monoisotopic (exact) mass is 408 g/mol. The van der Waals surface area contributed by atoms with Crippen LogP contribution in [0.5, 0.6) is 5.75 Å². The van der Waals surface area contributed by atoms with Gasteiger partial charge in [-0.1, -0.05) is 43.3 Å². The fraction of sp³-hybridized carbons (Fsp3) is 0.500. The van der Waals surface area contributed by atoms with E-state index in [4.69, 9.17) is 5.11 Å². The zero-order chi connectivity index (χ0) is 21.3. The maximum absolute atomic E-state index is 10.4. The van der Waals surface area contributed by atoms with Crippen LogP contribution in [0.15, 0.2) is 48.5 Å². The molecule has 4 heteroatoms. The molecule has 0 amide bonds. The Kier molecular flexibility index (Phi) is 5.88. The third-order valence-corrected chi connectivity index (χ3v) is 7.86. The lowest BCUT2D eigenvalue weighted by molar-refractivity contribution is -0.136. The fourth-order valence-electron chi connectivity index (χ4n) is 6.31. The highest BCUT2D eigenvalue weighted by Gasteiger charge is 2.54. The first-order chi connectivity index (χ1) is 14.4. The third kappa shape index (κ3) is 3.98. The van der Waals surface area contributed by atoms with Crippen molar-refractivity contribution in [2.45, 2.75) is 63.9 Å². The molecule has 0 aromatic heterocycles. The number of aliphatic hydroxyl groups is 1. The Morgan fingerprint density at radius 2 is 1.83 bits per heavy atom. The van der Waals surface area contributed by atoms with Crippen LogP contribution in [0.4, 0.5) is 0 Å². The van der Waals surface area contributed by atoms with E-state index in [2.05, 4.69) is 13.0 Å². The summed E-state index contributed by atoms with van der Waals surface area (Å²) in [4.78, 5) is 10.2. The van der Waals surface area contributed by atoms with Crippen molar-refractivity contribution >= 4 is 5.97 Å². The SMILES string of the molecule is C[C@]12CC[C@@H]3c4ccc(O)cc4CC[C@H]3[C@@H]1CCC2O.O=C(O)Cc1ccccc1. The molecule has 2 aromatic carbocycles. The molecule has 0 aliphatic heterocycles. The van der Waals surface area contributed by atoms with E-state index in [1.54, 1.807) is 12.1 Å². The lowest BCUT2D eigenvalue weighted by atomic mass is 9.55. The van der Waals surface area contributed by atoms with Gasteiger partial charge in [0, 0.05) is 0 Å². The zero-order valence-corrected chi connectivity index (χ0v) is 17.6. The van der Waals surface area contributed by atoms with E-state index < -0.39 is 5.97 Å². The van der Waals surface area contributed by atoms with E-state index in [1.165, 1.54) is 30.4 Å². The standard InChI is InChI=1S/C18H24O2.C8H8O2/c1-18-9-8-14-13-5-3-12(19)10-11(13)2-4-15(14)16(18)6-7-17(18)20;9-8(10)6-7-4-2-1-3-5-7/h3,5,10,14-17,19-20H,2,4,6-9H2,1H3;1-5H,6H2,(H,9,10)/t14-,15-,16+,17?,18+;/m1./s1. The number of carbonyl (C=O) groups is 1. The third-order valence-electron chi connectivity index (χ3n) is 7.86. The van der Waals surface area contributed by atoms with Crippen molar-refractivity contribution in [3.8, 4) is 5.75 Å². The molecule has 2 aromatic rings. The summed E-state index contributed by atoms with van der Waals surface area (Å²) in [5, 5.41) is 28.4. The van der Waals surface area contributed by atoms with Gasteiger partial charge in [0.15, 0.2) is 0 Å². The molecule has 3 aliphatic rings. The second-order valence-electron chi connectivity index (χ2n) is 9.49. The van der Waals surface area contributed by atoms with Crippen molar-refractivity contribution < 1.29 is 20.1 Å². The largest absolute Gasteiger partial charge is 0.508 e. The maximum Gasteiger partial charge on any atom is 0.307 e. The summed E-state index contributed by atoms with van der Waals surface area (Å²) in [6.07, 6.45) is 6.89. The van der Waals surface area contributed by atoms with Gasteiger partial charge in [0.2, 0.25) is 0 Å². The number of fused-ring (bicyclic) bond motifs is 5. The Bertz CT molecular complexity index is 893. The van der Waals surface area contributed by atoms with Crippen LogP contribution < -0.4 is 0 Å². The Morgan fingerprint density at radius 3 is 2.57 bits per heavy atom. The van der Waals surface area contributed by atoms with Crippen LogP contribution in [0.1, 0.15) is 61.6 Å². The highest BCUT2D eigenvalue weighted by molar-refractivity contribution is 5.70. The topological polar surface area (TPSA) is 77.8 Å². The number of aliphatic carboxylic acids is 1. The number of hydrogen-bond acceptors (Lipinski definition) is 3. The van der Waals surface area contributed by atoms with Crippen LogP contribution in [0.3, 0.4) is 0 Å². The average molecular weight is 409 g/mol. The highest BCUT2D eigenvalue weighted by atomic mass is 16.4. The molecule has 0 spiro atoms. The van der Waals surface area contributed by atoms with Crippen LogP contribution in [-0.2, 0) is 17.6 Å². The molecule has 3 aliphatic carbocycles. The molecule has 2 saturated carbocycles. The fourth-order valence-corrected chi connectivity index (χ4v) is 6.31. The van der Waals surface area contributed by atoms with Gasteiger partial charge in [-0.05, 0) is 90.5 Å². The first kappa shape index (κ1) is 20.9. The lowest BCUT2D eigenvalue weighted by Gasteiger charge is -2.50. The van der Waals surface area contributed by atoms with Gasteiger partial charge in [0.1, 0.15) is 5.75 Å². The number of hydrogen-bond donors (Lipinski definition) is 3. The number of rotatable bonds is 2. The van der Waals surface area contributed by atoms with Gasteiger partial charge in [-0.3, -0.25) is 4.79 Å². The van der Waals surface area contributed by atoms with Gasteiger partial charge in [-0.15, -0.1) is 0 Å². The molecule has 5 rings (SSSR count). The van der Waals surface area contributed by atoms with Crippen molar-refractivity contribution in [1.82, 2.24) is 0 Å². The summed E-state index contributed by atoms with van der Waals surface area (Å²) in [5.41, 5.74) is 3.83. The number of carboxylic acids is 1. The second-order valence-corrected chi connectivity index (χ2v) is 9.49. The molecular formula is C26H32O4. The predicted octanol–water partition coefficient (Wildman–Crippen LogP) is 4.92. The predicted molar refractivity (Wildman–Crippen MR) is 117 cm³/mol. The summed E-state index contributed by atoms with van der Waals surface area (Å²) in [6.45, 7) is 2.32. The molecule has 2 fully saturated rings. The first-order valence-corrected chi connectivity index (χ1v) is 11.1. The van der Waals surface area contributed by atoms with Crippen LogP contribution in [0.25, 0.3) is 0 Å². The van der Waals surface area contributed by atoms with Crippen molar-refractivity contribution in [2.24, 2.45) is 17.3 Å². The van der Waals surface area contributed by atoms with E-state index in [0.29, 0.717) is 17.6 Å². The lowest BCUT2D eigenvalue weighted by Crippen LogP contribution is -2.43. The Balaban J connectivity index is 0.000000185. The number of aliphatic hydroxyl groups excluding tert-OH is 1. The molecule has 3 N–H and O–H groups in total. The molecule has 30 heavy (non-hydrogen) atoms. The van der Waals surface area contributed by atoms with Gasteiger partial charge >= 0.3 is 5.97 Å². The minimum absolute atomic E-state index is 0.0883. The van der Waals surface area contributed by atoms with E-state index >= 15 is 0 Å². The van der Waals surface area contributed by atoms with Gasteiger partial charge in [-0.25, -0.2) is 0 Å². The first-order valence-electron chi connectivity index (χ1n) is 11.1. The Morgan fingerprint density at radius 1 is 1.07 bits per heavy atom. The molecule has 5 atom stereocenters. The zero-order valence-electron chi connectivity index (χ0n) is 17.6. The number of phenolic OH excluding ortho intramolecular Hbond substituents is 1. The minimum Gasteiger partial charge on any atom is -0.508 e. The average Bonchev–Trinajstić information content (AvgIpc) is 3.03. The van der Waals surface area contributed by atoms with Crippen LogP contribution in [-0.4, -0.2) is 27.4 Å². The number of carboxylic acid groups (broad SMARTS) is 1. The summed E-state index contributed by atoms with van der Waals surface area (Å²) in [6, 6.07) is 15.1. The summed E-state index contributed by atoms with van der Waals surface area (Å²) in [7, 11) is 0. The van der Waals surface area contributed by atoms with Gasteiger partial charge in [0.05, 0.1) is 12.5 Å². The minimum atomic E-state index is -0.786. The number of benzene rings is 2. The second kappa shape index (κ2) is 8.43. The van der Waals surface area contributed by atoms with Crippen molar-refractivity contribution in [1.29, 1.82) is 0 Å². The molecule has 0 radical (unpaired) electrons. The van der Waals surface area contributed by atoms with Gasteiger partial charge < -0.3 is 15.3 Å². The summed E-state index contributed by atoms with van der Waals surface area (Å²) >= 11 is 0. The van der Waals surface area contributed by atoms with Crippen LogP contribution in [0.2, 0.25) is 0 Å². The molecule has 0 saturated heterocycles. The molecular weight excluding hydrogens is 376 g/mol. The quantitative estimate of drug-likeness (QED) is 0.659. The normalized spacial score (nSPS) is 31.5. The van der Waals surface area contributed by atoms with E-state index in [9.17, 15) is 15.0 Å². The Labute approximate surface area is 178 Å². The number of phenols is 1. The van der Waals surface area contributed by atoms with Crippen molar-refractivity contribution in [2.75, 3.05) is 0 Å². The molecule has 4 nitrogen and oxygen atoms in total. The van der Waals surface area contributed by atoms with Crippen molar-refractivity contribution in [3.63, 3.8) is 0 Å². The maximum atomic E-state index is 10.4.